The van der Waals surface area contributed by atoms with Crippen LogP contribution in [-0.2, 0) is 37.0 Å². The maximum atomic E-state index is 13.9. The monoisotopic (exact) mass is 661 g/mol. The zero-order chi connectivity index (χ0) is 34.8. The van der Waals surface area contributed by atoms with Crippen LogP contribution in [0.2, 0.25) is 0 Å². The number of aryl methyl sites for hydroxylation is 1. The summed E-state index contributed by atoms with van der Waals surface area (Å²) in [5, 5.41) is 8.20. The van der Waals surface area contributed by atoms with Gasteiger partial charge in [0.1, 0.15) is 25.2 Å². The number of halogens is 3. The number of alkyl halides is 3. The van der Waals surface area contributed by atoms with Crippen LogP contribution in [0.3, 0.4) is 0 Å². The normalized spacial score (nSPS) is 20.3. The van der Waals surface area contributed by atoms with Crippen molar-refractivity contribution in [2.75, 3.05) is 18.0 Å². The second kappa shape index (κ2) is 16.2. The van der Waals surface area contributed by atoms with Crippen molar-refractivity contribution in [1.82, 2.24) is 5.06 Å². The topological polar surface area (TPSA) is 186 Å². The van der Waals surface area contributed by atoms with Crippen LogP contribution in [-0.4, -0.2) is 71.9 Å². The summed E-state index contributed by atoms with van der Waals surface area (Å²) in [4.78, 5) is 71.3. The zero-order valence-electron chi connectivity index (χ0n) is 25.8. The molecule has 2 amide bonds. The molecule has 12 nitrogen and oxygen atoms in total. The van der Waals surface area contributed by atoms with Crippen molar-refractivity contribution in [1.29, 1.82) is 0 Å². The van der Waals surface area contributed by atoms with E-state index in [9.17, 15) is 32.3 Å². The van der Waals surface area contributed by atoms with Crippen molar-refractivity contribution in [2.45, 2.75) is 64.3 Å². The number of anilines is 1. The van der Waals surface area contributed by atoms with E-state index in [1.54, 1.807) is 4.90 Å². The van der Waals surface area contributed by atoms with Gasteiger partial charge in [-0.1, -0.05) is 49.7 Å². The number of benzene rings is 2. The van der Waals surface area contributed by atoms with Gasteiger partial charge in [0.25, 0.3) is 5.91 Å². The SMILES string of the molecule is CCC1C(ON2CC(=O)N(Cc3ccccc3)c3ccc(CCCCCN=C(N)N)cc3C2=O)C1(C=O)CC=O.O=C(O)C(F)(F)F. The average molecular weight is 662 g/mol. The maximum Gasteiger partial charge on any atom is 0.490 e. The fourth-order valence-electron chi connectivity index (χ4n) is 5.56. The third kappa shape index (κ3) is 9.37. The highest BCUT2D eigenvalue weighted by molar-refractivity contribution is 6.09. The summed E-state index contributed by atoms with van der Waals surface area (Å²) in [6, 6.07) is 15.2. The Balaban J connectivity index is 0.000000771. The fourth-order valence-corrected chi connectivity index (χ4v) is 5.56. The van der Waals surface area contributed by atoms with Crippen molar-refractivity contribution in [3.05, 3.63) is 65.2 Å². The Hall–Kier alpha value is -4.79. The number of carboxylic acid groups (broad SMARTS) is 1. The van der Waals surface area contributed by atoms with Gasteiger partial charge in [-0.05, 0) is 48.9 Å². The molecule has 3 atom stereocenters. The summed E-state index contributed by atoms with van der Waals surface area (Å²) in [6.07, 6.45) is -0.257. The summed E-state index contributed by atoms with van der Waals surface area (Å²) in [7, 11) is 0. The van der Waals surface area contributed by atoms with Crippen LogP contribution < -0.4 is 16.4 Å². The second-order valence-corrected chi connectivity index (χ2v) is 11.2. The number of carbonyl (C=O) groups excluding carboxylic acids is 4. The van der Waals surface area contributed by atoms with Gasteiger partial charge in [-0.3, -0.25) is 19.4 Å². The number of aliphatic carboxylic acids is 1. The molecular weight excluding hydrogens is 623 g/mol. The quantitative estimate of drug-likeness (QED) is 0.118. The minimum absolute atomic E-state index is 0.0136. The van der Waals surface area contributed by atoms with E-state index in [2.05, 4.69) is 4.99 Å². The summed E-state index contributed by atoms with van der Waals surface area (Å²) in [6.45, 7) is 2.47. The van der Waals surface area contributed by atoms with Crippen LogP contribution in [0.5, 0.6) is 0 Å². The molecule has 1 aliphatic carbocycles. The number of nitrogens with two attached hydrogens (primary N) is 2. The van der Waals surface area contributed by atoms with Crippen molar-refractivity contribution in [3.63, 3.8) is 0 Å². The minimum Gasteiger partial charge on any atom is -0.475 e. The van der Waals surface area contributed by atoms with Crippen molar-refractivity contribution in [3.8, 4) is 0 Å². The van der Waals surface area contributed by atoms with E-state index in [0.717, 1.165) is 48.2 Å². The molecule has 0 bridgehead atoms. The lowest BCUT2D eigenvalue weighted by Gasteiger charge is -2.23. The number of carboxylic acids is 1. The van der Waals surface area contributed by atoms with Crippen molar-refractivity contribution >= 4 is 42.0 Å². The van der Waals surface area contributed by atoms with Crippen LogP contribution in [0.1, 0.15) is 60.5 Å². The van der Waals surface area contributed by atoms with E-state index in [1.165, 1.54) is 0 Å². The molecule has 2 aromatic carbocycles. The third-order valence-electron chi connectivity index (χ3n) is 8.05. The van der Waals surface area contributed by atoms with Crippen LogP contribution in [0, 0.1) is 11.3 Å². The standard InChI is InChI=1S/C30H37N5O5.C2HF3O2/c1-2-24-27(30(24,20-37)14-16-36)40-35-19-26(38)34(18-22-10-5-3-6-11-22)25-13-12-21(17-23(25)28(35)39)9-7-4-8-15-33-29(31)32;3-2(4,5)1(6)7/h3,5-6,10-13,16-17,20,24,27H,2,4,7-9,14-15,18-19H2,1H3,(H4,31,32,33);(H,6,7). The van der Waals surface area contributed by atoms with Gasteiger partial charge in [-0.2, -0.15) is 13.2 Å². The van der Waals surface area contributed by atoms with E-state index in [-0.39, 0.29) is 30.8 Å². The Morgan fingerprint density at radius 1 is 1.09 bits per heavy atom. The molecule has 15 heteroatoms. The Morgan fingerprint density at radius 2 is 1.77 bits per heavy atom. The highest BCUT2D eigenvalue weighted by Gasteiger charge is 2.66. The van der Waals surface area contributed by atoms with E-state index in [0.29, 0.717) is 37.0 Å². The number of aldehydes is 2. The predicted octanol–water partition coefficient (Wildman–Crippen LogP) is 3.41. The summed E-state index contributed by atoms with van der Waals surface area (Å²) in [5.74, 6) is -3.62. The van der Waals surface area contributed by atoms with Crippen LogP contribution in [0.4, 0.5) is 18.9 Å². The third-order valence-corrected chi connectivity index (χ3v) is 8.05. The molecule has 1 fully saturated rings. The van der Waals surface area contributed by atoms with E-state index in [1.807, 2.05) is 55.5 Å². The number of unbranched alkanes of at least 4 members (excludes halogenated alkanes) is 2. The lowest BCUT2D eigenvalue weighted by atomic mass is 10.0. The van der Waals surface area contributed by atoms with Crippen molar-refractivity contribution < 1.29 is 47.1 Å². The van der Waals surface area contributed by atoms with Gasteiger partial charge in [0.15, 0.2) is 5.96 Å². The predicted molar refractivity (Wildman–Crippen MR) is 165 cm³/mol. The molecule has 0 spiro atoms. The number of carbonyl (C=O) groups is 5. The van der Waals surface area contributed by atoms with Gasteiger partial charge in [-0.25, -0.2) is 9.86 Å². The number of fused-ring (bicyclic) bond motifs is 1. The van der Waals surface area contributed by atoms with Crippen LogP contribution in [0.25, 0.3) is 0 Å². The fraction of sp³-hybridized carbons (Fsp3) is 0.438. The van der Waals surface area contributed by atoms with E-state index >= 15 is 0 Å². The highest BCUT2D eigenvalue weighted by atomic mass is 19.4. The zero-order valence-corrected chi connectivity index (χ0v) is 25.8. The lowest BCUT2D eigenvalue weighted by molar-refractivity contribution is -0.192. The Kier molecular flexibility index (Phi) is 12.6. The molecule has 1 saturated carbocycles. The van der Waals surface area contributed by atoms with Gasteiger partial charge in [-0.15, -0.1) is 0 Å². The Morgan fingerprint density at radius 3 is 2.34 bits per heavy atom. The molecule has 3 unspecified atom stereocenters. The summed E-state index contributed by atoms with van der Waals surface area (Å²) < 4.78 is 31.7. The first kappa shape index (κ1) is 36.7. The van der Waals surface area contributed by atoms with Gasteiger partial charge in [0.05, 0.1) is 23.2 Å². The van der Waals surface area contributed by atoms with E-state index in [4.69, 9.17) is 26.2 Å². The maximum absolute atomic E-state index is 13.9. The molecule has 47 heavy (non-hydrogen) atoms. The number of aliphatic imine (C=N–C) groups is 1. The molecule has 0 aromatic heterocycles. The molecular formula is C32H38F3N5O7. The average Bonchev–Trinajstić information content (AvgIpc) is 3.67. The first-order chi connectivity index (χ1) is 22.3. The molecule has 0 saturated heterocycles. The number of rotatable bonds is 14. The molecule has 1 aliphatic heterocycles. The van der Waals surface area contributed by atoms with Gasteiger partial charge < -0.3 is 31.1 Å². The Labute approximate surface area is 269 Å². The number of amides is 2. The second-order valence-electron chi connectivity index (χ2n) is 11.2. The number of nitrogens with zero attached hydrogens (tertiary/aromatic N) is 3. The van der Waals surface area contributed by atoms with Gasteiger partial charge in [0.2, 0.25) is 5.91 Å². The molecule has 5 N–H and O–H groups in total. The lowest BCUT2D eigenvalue weighted by Crippen LogP contribution is -2.40. The number of hydrogen-bond donors (Lipinski definition) is 3. The van der Waals surface area contributed by atoms with E-state index < -0.39 is 29.6 Å². The first-order valence-electron chi connectivity index (χ1n) is 15.0. The molecule has 2 aliphatic rings. The first-order valence-corrected chi connectivity index (χ1v) is 15.0. The molecule has 2 aromatic rings. The number of hydroxylamine groups is 2. The van der Waals surface area contributed by atoms with Crippen molar-refractivity contribution in [2.24, 2.45) is 27.8 Å². The molecule has 1 heterocycles. The summed E-state index contributed by atoms with van der Waals surface area (Å²) >= 11 is 0. The summed E-state index contributed by atoms with van der Waals surface area (Å²) in [5.41, 5.74) is 12.5. The van der Waals surface area contributed by atoms with Crippen LogP contribution >= 0.6 is 0 Å². The smallest absolute Gasteiger partial charge is 0.475 e. The number of guanidine groups is 1. The Bertz CT molecular complexity index is 1470. The van der Waals surface area contributed by atoms with Crippen LogP contribution in [0.15, 0.2) is 53.5 Å². The van der Waals surface area contributed by atoms with Gasteiger partial charge in [0, 0.05) is 18.9 Å². The number of hydrogen-bond acceptors (Lipinski definition) is 7. The molecule has 4 rings (SSSR count). The molecule has 254 valence electrons. The molecule has 0 radical (unpaired) electrons. The van der Waals surface area contributed by atoms with Gasteiger partial charge >= 0.3 is 12.1 Å². The minimum atomic E-state index is -5.08. The highest BCUT2D eigenvalue weighted by Crippen LogP contribution is 2.57. The largest absolute Gasteiger partial charge is 0.490 e.